The molecule has 3 unspecified atom stereocenters. The molecule has 17 heavy (non-hydrogen) atoms. The van der Waals surface area contributed by atoms with Crippen molar-refractivity contribution in [2.24, 2.45) is 28.6 Å². The molecule has 94 valence electrons. The Labute approximate surface area is 102 Å². The molecule has 0 aromatic rings. The second-order valence-corrected chi connectivity index (χ2v) is 5.63. The highest BCUT2D eigenvalue weighted by atomic mass is 16.1. The summed E-state index contributed by atoms with van der Waals surface area (Å²) in [6.07, 6.45) is 4.10. The van der Waals surface area contributed by atoms with Gasteiger partial charge in [0.05, 0.1) is 6.54 Å². The number of fused-ring (bicyclic) bond motifs is 1. The van der Waals surface area contributed by atoms with E-state index in [4.69, 9.17) is 5.73 Å². The monoisotopic (exact) mass is 236 g/mol. The molecule has 0 spiro atoms. The van der Waals surface area contributed by atoms with Crippen molar-refractivity contribution in [3.8, 4) is 0 Å². The number of carbonyl (C=O) groups excluding carboxylic acids is 1. The average Bonchev–Trinajstić information content (AvgIpc) is 2.88. The fourth-order valence-corrected chi connectivity index (χ4v) is 3.46. The molecule has 5 nitrogen and oxygen atoms in total. The predicted octanol–water partition coefficient (Wildman–Crippen LogP) is 0.426. The third-order valence-electron chi connectivity index (χ3n) is 4.41. The van der Waals surface area contributed by atoms with Crippen LogP contribution in [0.4, 0.5) is 0 Å². The summed E-state index contributed by atoms with van der Waals surface area (Å²) in [5.74, 6) is 1.48. The van der Waals surface area contributed by atoms with E-state index in [1.165, 1.54) is 19.3 Å². The van der Waals surface area contributed by atoms with Gasteiger partial charge < -0.3 is 5.73 Å². The molecule has 1 saturated heterocycles. The summed E-state index contributed by atoms with van der Waals surface area (Å²) in [6.45, 7) is 5.03. The molecule has 5 heteroatoms. The lowest BCUT2D eigenvalue weighted by Crippen LogP contribution is -2.37. The zero-order chi connectivity index (χ0) is 12.0. The minimum absolute atomic E-state index is 0.160. The maximum atomic E-state index is 11.2. The molecular formula is C12H20N4O. The molecule has 1 saturated carbocycles. The lowest BCUT2D eigenvalue weighted by molar-refractivity contribution is -0.112. The van der Waals surface area contributed by atoms with Crippen LogP contribution in [-0.2, 0) is 4.79 Å². The van der Waals surface area contributed by atoms with Gasteiger partial charge in [-0.1, -0.05) is 13.3 Å². The Balaban J connectivity index is 1.69. The van der Waals surface area contributed by atoms with Crippen LogP contribution in [-0.4, -0.2) is 41.4 Å². The van der Waals surface area contributed by atoms with Crippen LogP contribution in [0.25, 0.3) is 0 Å². The molecule has 3 aliphatic rings. The van der Waals surface area contributed by atoms with Gasteiger partial charge >= 0.3 is 0 Å². The first-order valence-electron chi connectivity index (χ1n) is 6.56. The summed E-state index contributed by atoms with van der Waals surface area (Å²) in [5.41, 5.74) is 5.86. The fraction of sp³-hybridized carbons (Fsp3) is 0.833. The van der Waals surface area contributed by atoms with Crippen molar-refractivity contribution in [2.45, 2.75) is 26.2 Å². The summed E-state index contributed by atoms with van der Waals surface area (Å²) in [7, 11) is 0. The van der Waals surface area contributed by atoms with Gasteiger partial charge in [0.15, 0.2) is 0 Å². The highest BCUT2D eigenvalue weighted by Gasteiger charge is 2.40. The Morgan fingerprint density at radius 3 is 2.47 bits per heavy atom. The van der Waals surface area contributed by atoms with Crippen LogP contribution >= 0.6 is 0 Å². The largest absolute Gasteiger partial charge is 0.364 e. The molecule has 2 N–H and O–H groups in total. The molecule has 0 radical (unpaired) electrons. The van der Waals surface area contributed by atoms with Gasteiger partial charge in [-0.2, -0.15) is 5.10 Å². The second-order valence-electron chi connectivity index (χ2n) is 5.63. The summed E-state index contributed by atoms with van der Waals surface area (Å²) in [5, 5.41) is 8.66. The number of carbonyl (C=O) groups is 1. The van der Waals surface area contributed by atoms with E-state index < -0.39 is 0 Å². The lowest BCUT2D eigenvalue weighted by atomic mass is 10.0. The first-order valence-corrected chi connectivity index (χ1v) is 6.56. The van der Waals surface area contributed by atoms with Gasteiger partial charge in [0.2, 0.25) is 0 Å². The van der Waals surface area contributed by atoms with Crippen LogP contribution in [0.2, 0.25) is 0 Å². The number of hydrazine groups is 1. The Morgan fingerprint density at radius 1 is 1.29 bits per heavy atom. The highest BCUT2D eigenvalue weighted by Crippen LogP contribution is 2.38. The van der Waals surface area contributed by atoms with E-state index >= 15 is 0 Å². The summed E-state index contributed by atoms with van der Waals surface area (Å²) >= 11 is 0. The smallest absolute Gasteiger partial charge is 0.265 e. The van der Waals surface area contributed by atoms with E-state index in [0.717, 1.165) is 31.5 Å². The molecule has 0 aromatic carbocycles. The normalized spacial score (nSPS) is 37.4. The fourth-order valence-electron chi connectivity index (χ4n) is 3.46. The minimum atomic E-state index is -0.376. The number of amides is 1. The van der Waals surface area contributed by atoms with E-state index in [-0.39, 0.29) is 11.8 Å². The quantitative estimate of drug-likeness (QED) is 0.756. The predicted molar refractivity (Wildman–Crippen MR) is 64.9 cm³/mol. The number of rotatable bonds is 2. The van der Waals surface area contributed by atoms with Gasteiger partial charge in [0.1, 0.15) is 5.71 Å². The van der Waals surface area contributed by atoms with Gasteiger partial charge in [-0.05, 0) is 24.7 Å². The van der Waals surface area contributed by atoms with Gasteiger partial charge in [-0.15, -0.1) is 0 Å². The molecule has 0 aromatic heterocycles. The number of hydrogen-bond acceptors (Lipinski definition) is 4. The third kappa shape index (κ3) is 1.82. The zero-order valence-electron chi connectivity index (χ0n) is 10.3. The van der Waals surface area contributed by atoms with Crippen molar-refractivity contribution in [1.29, 1.82) is 0 Å². The van der Waals surface area contributed by atoms with Crippen molar-refractivity contribution in [3.63, 3.8) is 0 Å². The molecule has 2 aliphatic heterocycles. The number of hydrazone groups is 1. The Morgan fingerprint density at radius 2 is 1.94 bits per heavy atom. The van der Waals surface area contributed by atoms with Gasteiger partial charge in [0.25, 0.3) is 5.91 Å². The zero-order valence-corrected chi connectivity index (χ0v) is 10.3. The summed E-state index contributed by atoms with van der Waals surface area (Å²) < 4.78 is 0. The molecule has 2 fully saturated rings. The maximum Gasteiger partial charge on any atom is 0.265 e. The number of primary amides is 1. The Bertz CT molecular complexity index is 356. The van der Waals surface area contributed by atoms with Crippen LogP contribution in [0.1, 0.15) is 26.2 Å². The van der Waals surface area contributed by atoms with Crippen molar-refractivity contribution in [1.82, 2.24) is 10.1 Å². The van der Waals surface area contributed by atoms with Crippen LogP contribution in [0.3, 0.4) is 0 Å². The van der Waals surface area contributed by atoms with Crippen molar-refractivity contribution in [3.05, 3.63) is 0 Å². The Hall–Kier alpha value is -1.10. The Kier molecular flexibility index (Phi) is 2.58. The standard InChI is InChI=1S/C12H20N4O/c1-8-5-16(14-11(8)12(13)17)15-6-9-3-2-4-10(9)7-15/h8-10H,2-7H2,1H3,(H2,13,17). The number of hydrogen-bond donors (Lipinski definition) is 1. The molecule has 1 aliphatic carbocycles. The van der Waals surface area contributed by atoms with Crippen molar-refractivity contribution >= 4 is 11.6 Å². The number of nitrogens with zero attached hydrogens (tertiary/aromatic N) is 3. The van der Waals surface area contributed by atoms with E-state index in [1.807, 2.05) is 12.0 Å². The van der Waals surface area contributed by atoms with Crippen molar-refractivity contribution < 1.29 is 4.79 Å². The van der Waals surface area contributed by atoms with Gasteiger partial charge in [-0.25, -0.2) is 10.1 Å². The summed E-state index contributed by atoms with van der Waals surface area (Å²) in [6, 6.07) is 0. The molecule has 3 rings (SSSR count). The first kappa shape index (κ1) is 11.0. The highest BCUT2D eigenvalue weighted by molar-refractivity contribution is 6.39. The SMILES string of the molecule is CC1CN(N2CC3CCCC3C2)N=C1C(N)=O. The van der Waals surface area contributed by atoms with Crippen LogP contribution < -0.4 is 5.73 Å². The molecule has 3 atom stereocenters. The lowest BCUT2D eigenvalue weighted by Gasteiger charge is -2.26. The van der Waals surface area contributed by atoms with E-state index in [9.17, 15) is 4.79 Å². The first-order chi connectivity index (χ1) is 8.15. The molecular weight excluding hydrogens is 216 g/mol. The van der Waals surface area contributed by atoms with Crippen LogP contribution in [0.5, 0.6) is 0 Å². The average molecular weight is 236 g/mol. The van der Waals surface area contributed by atoms with Crippen LogP contribution in [0.15, 0.2) is 5.10 Å². The molecule has 2 heterocycles. The third-order valence-corrected chi connectivity index (χ3v) is 4.41. The van der Waals surface area contributed by atoms with E-state index in [1.54, 1.807) is 0 Å². The minimum Gasteiger partial charge on any atom is -0.364 e. The molecule has 1 amide bonds. The van der Waals surface area contributed by atoms with E-state index in [0.29, 0.717) is 5.71 Å². The summed E-state index contributed by atoms with van der Waals surface area (Å²) in [4.78, 5) is 11.2. The van der Waals surface area contributed by atoms with Crippen LogP contribution in [0, 0.1) is 17.8 Å². The van der Waals surface area contributed by atoms with Gasteiger partial charge in [-0.3, -0.25) is 4.79 Å². The number of nitrogens with two attached hydrogens (primary N) is 1. The van der Waals surface area contributed by atoms with Crippen molar-refractivity contribution in [2.75, 3.05) is 19.6 Å². The molecule has 0 bridgehead atoms. The van der Waals surface area contributed by atoms with Gasteiger partial charge in [0, 0.05) is 19.0 Å². The second kappa shape index (κ2) is 3.98. The maximum absolute atomic E-state index is 11.2. The topological polar surface area (TPSA) is 61.9 Å². The van der Waals surface area contributed by atoms with E-state index in [2.05, 4.69) is 10.1 Å².